The molecular weight excluding hydrogens is 676 g/mol. The van der Waals surface area contributed by atoms with Gasteiger partial charge in [-0.15, -0.1) is 0 Å². The molecule has 0 aliphatic heterocycles. The van der Waals surface area contributed by atoms with Gasteiger partial charge in [0, 0.05) is 34.6 Å². The molecule has 0 amide bonds. The highest BCUT2D eigenvalue weighted by molar-refractivity contribution is 6.39. The summed E-state index contributed by atoms with van der Waals surface area (Å²) >= 11 is 6.48. The van der Waals surface area contributed by atoms with E-state index in [1.807, 2.05) is 109 Å². The lowest BCUT2D eigenvalue weighted by molar-refractivity contribution is 0.619. The van der Waals surface area contributed by atoms with Gasteiger partial charge >= 0.3 is 0 Å². The fraction of sp³-hybridized carbons (Fsp3) is 0. The van der Waals surface area contributed by atoms with Crippen molar-refractivity contribution < 1.29 is 14.3 Å². The van der Waals surface area contributed by atoms with Gasteiger partial charge < -0.3 is 20.0 Å². The van der Waals surface area contributed by atoms with Gasteiger partial charge in [0.2, 0.25) is 17.1 Å². The zero-order chi connectivity index (χ0) is 35.3. The van der Waals surface area contributed by atoms with Crippen LogP contribution in [-0.4, -0.2) is 25.6 Å². The van der Waals surface area contributed by atoms with E-state index < -0.39 is 0 Å². The predicted molar refractivity (Wildman–Crippen MR) is 207 cm³/mol. The van der Waals surface area contributed by atoms with Crippen LogP contribution in [0.4, 0.5) is 11.5 Å². The van der Waals surface area contributed by atoms with Crippen molar-refractivity contribution in [3.05, 3.63) is 150 Å². The molecule has 0 aliphatic rings. The Kier molecular flexibility index (Phi) is 10.4. The van der Waals surface area contributed by atoms with Crippen molar-refractivity contribution >= 4 is 56.2 Å². The molecule has 0 fully saturated rings. The normalized spacial score (nSPS) is 10.5. The second-order valence-electron chi connectivity index (χ2n) is 11.2. The average Bonchev–Trinajstić information content (AvgIpc) is 3.91. The van der Waals surface area contributed by atoms with E-state index in [1.54, 1.807) is 6.20 Å². The molecule has 0 saturated carbocycles. The third-order valence-electron chi connectivity index (χ3n) is 8.24. The Bertz CT molecular complexity index is 2640. The van der Waals surface area contributed by atoms with Crippen LogP contribution in [0.1, 0.15) is 0 Å². The number of H-pyrrole nitrogens is 1. The summed E-state index contributed by atoms with van der Waals surface area (Å²) in [7, 11) is 0. The van der Waals surface area contributed by atoms with Gasteiger partial charge in [-0.25, -0.2) is 14.8 Å². The molecular formula is C40H31ClN8O3. The fourth-order valence-corrected chi connectivity index (χ4v) is 6.26. The number of fused-ring (bicyclic) bond motifs is 4. The Morgan fingerprint density at radius 3 is 1.52 bits per heavy atom. The summed E-state index contributed by atoms with van der Waals surface area (Å²) in [4.78, 5) is 12.2. The predicted octanol–water partition coefficient (Wildman–Crippen LogP) is 8.98. The third kappa shape index (κ3) is 6.33. The van der Waals surface area contributed by atoms with Crippen molar-refractivity contribution in [2.45, 2.75) is 0 Å². The average molecular weight is 707 g/mol. The van der Waals surface area contributed by atoms with E-state index in [1.165, 1.54) is 6.20 Å². The first-order chi connectivity index (χ1) is 25.1. The molecule has 0 unspecified atom stereocenters. The Morgan fingerprint density at radius 2 is 1.04 bits per heavy atom. The molecule has 0 spiro atoms. The maximum Gasteiger partial charge on any atom is 0.229 e. The van der Waals surface area contributed by atoms with Crippen molar-refractivity contribution in [2.24, 2.45) is 11.7 Å². The first-order valence-electron chi connectivity index (χ1n) is 15.7. The third-order valence-corrected chi connectivity index (χ3v) is 8.62. The molecule has 52 heavy (non-hydrogen) atoms. The molecule has 11 nitrogen and oxygen atoms in total. The number of hydrogen-bond donors (Lipinski definition) is 4. The van der Waals surface area contributed by atoms with Crippen molar-refractivity contribution in [3.8, 4) is 44.9 Å². The van der Waals surface area contributed by atoms with Gasteiger partial charge in [0.15, 0.2) is 5.82 Å². The highest BCUT2D eigenvalue weighted by Crippen LogP contribution is 2.46. The molecule has 0 radical (unpaired) electrons. The maximum absolute atomic E-state index is 7.28. The van der Waals surface area contributed by atoms with E-state index in [0.29, 0.717) is 39.1 Å². The van der Waals surface area contributed by atoms with Crippen LogP contribution in [0.2, 0.25) is 5.02 Å². The fourth-order valence-electron chi connectivity index (χ4n) is 5.99. The lowest BCUT2D eigenvalue weighted by atomic mass is 9.98. The summed E-state index contributed by atoms with van der Waals surface area (Å²) in [5.74, 6) is 9.93. The summed E-state index contributed by atoms with van der Waals surface area (Å²) in [6, 6.07) is 39.9. The van der Waals surface area contributed by atoms with Gasteiger partial charge in [0.1, 0.15) is 11.5 Å². The molecule has 4 aromatic carbocycles. The molecule has 9 aromatic rings. The second-order valence-corrected chi connectivity index (χ2v) is 11.5. The number of hydrogen-bond acceptors (Lipinski definition) is 8. The van der Waals surface area contributed by atoms with E-state index >= 15 is 0 Å². The van der Waals surface area contributed by atoms with Crippen molar-refractivity contribution in [1.29, 1.82) is 0 Å². The number of anilines is 1. The van der Waals surface area contributed by atoms with Gasteiger partial charge in [0.25, 0.3) is 0 Å². The number of benzene rings is 4. The summed E-state index contributed by atoms with van der Waals surface area (Å²) in [5.41, 5.74) is 13.9. The Balaban J connectivity index is 0.000000168. The second kappa shape index (κ2) is 15.4. The molecule has 0 bridgehead atoms. The summed E-state index contributed by atoms with van der Waals surface area (Å²) in [6.07, 6.45) is 3.15. The van der Waals surface area contributed by atoms with Gasteiger partial charge in [-0.3, -0.25) is 16.8 Å². The van der Waals surface area contributed by atoms with Crippen molar-refractivity contribution in [1.82, 2.24) is 20.2 Å². The highest BCUT2D eigenvalue weighted by atomic mass is 35.5. The SMILES string of the molecule is NN.Nc1n[nH]c2c1cnc1oc(-c3ccccc3)c(-c3ccccc3)c12.O.[C-]#[N+]c1cnc2oc(-c3ccccc3)c(-c3ccccc3)c2c1Cl. The van der Waals surface area contributed by atoms with E-state index in [9.17, 15) is 0 Å². The van der Waals surface area contributed by atoms with Crippen LogP contribution in [0.15, 0.2) is 143 Å². The van der Waals surface area contributed by atoms with Crippen LogP contribution < -0.4 is 17.4 Å². The van der Waals surface area contributed by atoms with Gasteiger partial charge in [0.05, 0.1) is 33.3 Å². The Labute approximate surface area is 302 Å². The minimum Gasteiger partial charge on any atom is -0.437 e. The quantitative estimate of drug-likeness (QED) is 0.0790. The Hall–Kier alpha value is -6.81. The number of furan rings is 2. The molecule has 12 heteroatoms. The highest BCUT2D eigenvalue weighted by Gasteiger charge is 2.23. The molecule has 9 N–H and O–H groups in total. The summed E-state index contributed by atoms with van der Waals surface area (Å²) < 4.78 is 12.2. The van der Waals surface area contributed by atoms with Crippen LogP contribution in [0.5, 0.6) is 0 Å². The zero-order valence-electron chi connectivity index (χ0n) is 27.4. The molecule has 5 aromatic heterocycles. The van der Waals surface area contributed by atoms with Crippen LogP contribution in [0.3, 0.4) is 0 Å². The zero-order valence-corrected chi connectivity index (χ0v) is 28.2. The van der Waals surface area contributed by atoms with Gasteiger partial charge in [-0.1, -0.05) is 133 Å². The maximum atomic E-state index is 7.28. The first kappa shape index (κ1) is 35.0. The topological polar surface area (TPSA) is 195 Å². The molecule has 0 saturated heterocycles. The number of halogens is 1. The number of aromatic nitrogens is 4. The van der Waals surface area contributed by atoms with Crippen LogP contribution in [-0.2, 0) is 0 Å². The van der Waals surface area contributed by atoms with Crippen LogP contribution in [0, 0.1) is 6.57 Å². The largest absolute Gasteiger partial charge is 0.437 e. The molecule has 0 atom stereocenters. The molecule has 5 heterocycles. The first-order valence-corrected chi connectivity index (χ1v) is 16.1. The van der Waals surface area contributed by atoms with Gasteiger partial charge in [-0.05, 0) is 11.1 Å². The van der Waals surface area contributed by atoms with Crippen molar-refractivity contribution in [3.63, 3.8) is 0 Å². The monoisotopic (exact) mass is 706 g/mol. The number of rotatable bonds is 4. The van der Waals surface area contributed by atoms with E-state index in [2.05, 4.69) is 48.8 Å². The number of aromatic amines is 1. The smallest absolute Gasteiger partial charge is 0.229 e. The summed E-state index contributed by atoms with van der Waals surface area (Å²) in [5, 5.41) is 9.91. The van der Waals surface area contributed by atoms with Crippen LogP contribution in [0.25, 0.3) is 82.8 Å². The minimum atomic E-state index is 0. The number of nitrogens with zero attached hydrogens (tertiary/aromatic N) is 4. The van der Waals surface area contributed by atoms with Gasteiger partial charge in [-0.2, -0.15) is 5.10 Å². The van der Waals surface area contributed by atoms with E-state index in [-0.39, 0.29) is 5.48 Å². The van der Waals surface area contributed by atoms with E-state index in [4.69, 9.17) is 32.7 Å². The Morgan fingerprint density at radius 1 is 0.615 bits per heavy atom. The molecule has 0 aliphatic carbocycles. The standard InChI is InChI=1S/C20H11ClN2O.C20H14N4O.H4N2.H2O/c1-22-15-12-23-20-17(18(15)21)16(13-8-4-2-5-9-13)19(24-20)14-10-6-3-7-11-14;21-19-14-11-22-20-16(17(14)23-24-19)15(12-7-3-1-4-8-12)18(25-20)13-9-5-2-6-10-13;1-2;/h2-12H;1-11H,(H3,21,23,24);1-2H2;1H2. The number of nitrogen functional groups attached to an aromatic ring is 1. The van der Waals surface area contributed by atoms with Crippen LogP contribution >= 0.6 is 11.6 Å². The number of hydrazine groups is 1. The lowest BCUT2D eigenvalue weighted by Gasteiger charge is -2.04. The van der Waals surface area contributed by atoms with Crippen molar-refractivity contribution in [2.75, 3.05) is 5.73 Å². The minimum absolute atomic E-state index is 0. The number of nitrogens with one attached hydrogen (secondary N) is 1. The molecule has 9 rings (SSSR count). The lowest BCUT2D eigenvalue weighted by Crippen LogP contribution is -2.02. The molecule has 256 valence electrons. The summed E-state index contributed by atoms with van der Waals surface area (Å²) in [6.45, 7) is 7.28. The number of pyridine rings is 2. The number of nitrogens with two attached hydrogens (primary N) is 3. The van der Waals surface area contributed by atoms with E-state index in [0.717, 1.165) is 55.4 Å².